The third-order valence-corrected chi connectivity index (χ3v) is 5.66. The Morgan fingerprint density at radius 2 is 1.55 bits per heavy atom. The summed E-state index contributed by atoms with van der Waals surface area (Å²) in [5, 5.41) is 0. The third kappa shape index (κ3) is 6.13. The molecular weight excluding hydrogens is 286 g/mol. The highest BCUT2D eigenvalue weighted by molar-refractivity contribution is 7.15. The number of rotatable bonds is 11. The van der Waals surface area contributed by atoms with Gasteiger partial charge in [0, 0.05) is 16.5 Å². The summed E-state index contributed by atoms with van der Waals surface area (Å²) in [4.78, 5) is 5.64. The monoisotopic (exact) mass is 315 g/mol. The maximum atomic E-state index is 6.04. The van der Waals surface area contributed by atoms with Crippen molar-refractivity contribution in [2.75, 3.05) is 0 Å². The van der Waals surface area contributed by atoms with Crippen LogP contribution in [-0.2, 0) is 5.41 Å². The molecule has 1 rings (SSSR count). The van der Waals surface area contributed by atoms with Crippen LogP contribution in [0.2, 0.25) is 4.47 Å². The van der Waals surface area contributed by atoms with Gasteiger partial charge in [0.05, 0.1) is 0 Å². The third-order valence-electron chi connectivity index (χ3n) is 4.24. The van der Waals surface area contributed by atoms with Crippen molar-refractivity contribution in [2.45, 2.75) is 90.4 Å². The SMILES string of the molecule is CCCCCCC(C)(CCCCCC)c1cnc(Cl)s1. The molecule has 0 atom stereocenters. The molecule has 0 aliphatic rings. The highest BCUT2D eigenvalue weighted by Crippen LogP contribution is 2.39. The lowest BCUT2D eigenvalue weighted by Crippen LogP contribution is -2.20. The van der Waals surface area contributed by atoms with Crippen LogP contribution in [0.15, 0.2) is 6.20 Å². The first-order valence-electron chi connectivity index (χ1n) is 8.24. The Balaban J connectivity index is 2.57. The van der Waals surface area contributed by atoms with Crippen LogP contribution in [-0.4, -0.2) is 4.98 Å². The number of halogens is 1. The lowest BCUT2D eigenvalue weighted by molar-refractivity contribution is 0.370. The topological polar surface area (TPSA) is 12.9 Å². The molecule has 1 aromatic rings. The predicted octanol–water partition coefficient (Wildman–Crippen LogP) is 7.00. The zero-order valence-electron chi connectivity index (χ0n) is 13.4. The first-order chi connectivity index (χ1) is 9.62. The number of aromatic nitrogens is 1. The fraction of sp³-hybridized carbons (Fsp3) is 0.824. The van der Waals surface area contributed by atoms with Crippen LogP contribution < -0.4 is 0 Å². The van der Waals surface area contributed by atoms with E-state index in [1.54, 1.807) is 11.3 Å². The summed E-state index contributed by atoms with van der Waals surface area (Å²) in [6.07, 6.45) is 15.2. The first-order valence-corrected chi connectivity index (χ1v) is 9.43. The van der Waals surface area contributed by atoms with E-state index in [2.05, 4.69) is 25.8 Å². The van der Waals surface area contributed by atoms with Crippen molar-refractivity contribution in [3.63, 3.8) is 0 Å². The molecule has 0 aliphatic heterocycles. The van der Waals surface area contributed by atoms with Crippen molar-refractivity contribution in [3.05, 3.63) is 15.5 Å². The molecule has 0 aliphatic carbocycles. The van der Waals surface area contributed by atoms with Gasteiger partial charge in [-0.15, -0.1) is 11.3 Å². The van der Waals surface area contributed by atoms with Gasteiger partial charge in [-0.1, -0.05) is 83.7 Å². The Kier molecular flexibility index (Phi) is 8.79. The van der Waals surface area contributed by atoms with Gasteiger partial charge in [0.25, 0.3) is 0 Å². The van der Waals surface area contributed by atoms with Gasteiger partial charge >= 0.3 is 0 Å². The number of thiazole rings is 1. The van der Waals surface area contributed by atoms with Crippen molar-refractivity contribution in [1.29, 1.82) is 0 Å². The van der Waals surface area contributed by atoms with Gasteiger partial charge in [0.2, 0.25) is 0 Å². The number of nitrogens with zero attached hydrogens (tertiary/aromatic N) is 1. The lowest BCUT2D eigenvalue weighted by atomic mass is 9.79. The summed E-state index contributed by atoms with van der Waals surface area (Å²) in [6, 6.07) is 0. The molecule has 0 bridgehead atoms. The van der Waals surface area contributed by atoms with Crippen molar-refractivity contribution in [3.8, 4) is 0 Å². The molecule has 3 heteroatoms. The zero-order chi connectivity index (χ0) is 14.8. The molecule has 1 nitrogen and oxygen atoms in total. The van der Waals surface area contributed by atoms with Crippen molar-refractivity contribution >= 4 is 22.9 Å². The zero-order valence-corrected chi connectivity index (χ0v) is 15.0. The molecule has 0 radical (unpaired) electrons. The summed E-state index contributed by atoms with van der Waals surface area (Å²) in [6.45, 7) is 6.95. The Labute approximate surface area is 134 Å². The lowest BCUT2D eigenvalue weighted by Gasteiger charge is -2.28. The maximum absolute atomic E-state index is 6.04. The first kappa shape index (κ1) is 18.0. The van der Waals surface area contributed by atoms with E-state index in [4.69, 9.17) is 11.6 Å². The Bertz CT molecular complexity index is 350. The summed E-state index contributed by atoms with van der Waals surface area (Å²) in [5.74, 6) is 0. The smallest absolute Gasteiger partial charge is 0.183 e. The molecule has 116 valence electrons. The molecule has 0 aromatic carbocycles. The van der Waals surface area contributed by atoms with Crippen LogP contribution in [0.4, 0.5) is 0 Å². The van der Waals surface area contributed by atoms with E-state index < -0.39 is 0 Å². The van der Waals surface area contributed by atoms with E-state index in [9.17, 15) is 0 Å². The number of hydrogen-bond donors (Lipinski definition) is 0. The molecule has 0 amide bonds. The molecule has 0 N–H and O–H groups in total. The van der Waals surface area contributed by atoms with Crippen LogP contribution in [0.5, 0.6) is 0 Å². The van der Waals surface area contributed by atoms with E-state index in [-0.39, 0.29) is 5.41 Å². The molecule has 1 heterocycles. The highest BCUT2D eigenvalue weighted by Gasteiger charge is 2.27. The van der Waals surface area contributed by atoms with Crippen molar-refractivity contribution < 1.29 is 0 Å². The van der Waals surface area contributed by atoms with E-state index in [0.717, 1.165) is 0 Å². The quantitative estimate of drug-likeness (QED) is 0.401. The second kappa shape index (κ2) is 9.78. The maximum Gasteiger partial charge on any atom is 0.183 e. The molecule has 20 heavy (non-hydrogen) atoms. The average Bonchev–Trinajstić information content (AvgIpc) is 2.87. The Morgan fingerprint density at radius 3 is 1.95 bits per heavy atom. The van der Waals surface area contributed by atoms with E-state index in [1.807, 2.05) is 6.20 Å². The van der Waals surface area contributed by atoms with Crippen LogP contribution in [0.3, 0.4) is 0 Å². The van der Waals surface area contributed by atoms with Gasteiger partial charge in [-0.3, -0.25) is 0 Å². The predicted molar refractivity (Wildman–Crippen MR) is 92.0 cm³/mol. The summed E-state index contributed by atoms with van der Waals surface area (Å²) < 4.78 is 0.688. The Morgan fingerprint density at radius 1 is 1.00 bits per heavy atom. The normalized spacial score (nSPS) is 12.0. The molecule has 0 saturated heterocycles. The molecule has 0 saturated carbocycles. The molecule has 0 unspecified atom stereocenters. The molecular formula is C17H30ClNS. The standard InChI is InChI=1S/C17H30ClNS/c1-4-6-8-10-12-17(3,13-11-9-7-5-2)15-14-19-16(18)20-15/h14H,4-13H2,1-3H3. The summed E-state index contributed by atoms with van der Waals surface area (Å²) in [7, 11) is 0. The summed E-state index contributed by atoms with van der Waals surface area (Å²) in [5.41, 5.74) is 0.284. The van der Waals surface area contributed by atoms with Gasteiger partial charge in [-0.05, 0) is 12.8 Å². The highest BCUT2D eigenvalue weighted by atomic mass is 35.5. The van der Waals surface area contributed by atoms with Gasteiger partial charge in [0.1, 0.15) is 0 Å². The minimum absolute atomic E-state index is 0.284. The second-order valence-electron chi connectivity index (χ2n) is 6.16. The van der Waals surface area contributed by atoms with Gasteiger partial charge in [-0.25, -0.2) is 4.98 Å². The summed E-state index contributed by atoms with van der Waals surface area (Å²) >= 11 is 7.72. The average molecular weight is 316 g/mol. The fourth-order valence-electron chi connectivity index (χ4n) is 2.79. The number of hydrogen-bond acceptors (Lipinski definition) is 2. The minimum atomic E-state index is 0.284. The molecule has 1 aromatic heterocycles. The van der Waals surface area contributed by atoms with Gasteiger partial charge in [0.15, 0.2) is 4.47 Å². The minimum Gasteiger partial charge on any atom is -0.233 e. The van der Waals surface area contributed by atoms with Crippen molar-refractivity contribution in [2.24, 2.45) is 0 Å². The van der Waals surface area contributed by atoms with Crippen LogP contribution in [0.1, 0.15) is 89.9 Å². The van der Waals surface area contributed by atoms with E-state index >= 15 is 0 Å². The van der Waals surface area contributed by atoms with Crippen LogP contribution >= 0.6 is 22.9 Å². The molecule has 0 spiro atoms. The largest absolute Gasteiger partial charge is 0.233 e. The Hall–Kier alpha value is -0.0800. The van der Waals surface area contributed by atoms with Gasteiger partial charge < -0.3 is 0 Å². The van der Waals surface area contributed by atoms with Crippen LogP contribution in [0, 0.1) is 0 Å². The van der Waals surface area contributed by atoms with Gasteiger partial charge in [-0.2, -0.15) is 0 Å². The van der Waals surface area contributed by atoms with E-state index in [1.165, 1.54) is 69.1 Å². The van der Waals surface area contributed by atoms with Crippen LogP contribution in [0.25, 0.3) is 0 Å². The van der Waals surface area contributed by atoms with E-state index in [0.29, 0.717) is 4.47 Å². The second-order valence-corrected chi connectivity index (χ2v) is 7.77. The molecule has 0 fully saturated rings. The van der Waals surface area contributed by atoms with Crippen molar-refractivity contribution in [1.82, 2.24) is 4.98 Å². The fourth-order valence-corrected chi connectivity index (χ4v) is 3.93. The number of unbranched alkanes of at least 4 members (excludes halogenated alkanes) is 6.